The van der Waals surface area contributed by atoms with Crippen molar-refractivity contribution in [3.05, 3.63) is 16.3 Å². The summed E-state index contributed by atoms with van der Waals surface area (Å²) in [4.78, 5) is 0. The smallest absolute Gasteiger partial charge is 0.296 e. The van der Waals surface area contributed by atoms with E-state index in [0.717, 1.165) is 11.1 Å². The van der Waals surface area contributed by atoms with Crippen molar-refractivity contribution in [3.63, 3.8) is 0 Å². The Kier molecular flexibility index (Phi) is 3.98. The number of aromatic nitrogens is 3. The van der Waals surface area contributed by atoms with E-state index in [4.69, 9.17) is 10.7 Å². The Morgan fingerprint density at radius 1 is 1.37 bits per heavy atom. The number of halogens is 1. The molecular formula is C11H14ClN3O2S2. The standard InChI is InChI=1S/C11H14ClN3O2S2/c1-7(2)4-15-10(9-6-18-5-8(9)3)13-14-11(15)19(12,16)17/h5-7H,4H2,1-3H3. The van der Waals surface area contributed by atoms with Gasteiger partial charge in [-0.15, -0.1) is 10.2 Å². The summed E-state index contributed by atoms with van der Waals surface area (Å²) in [7, 11) is 1.52. The minimum absolute atomic E-state index is 0.191. The average molecular weight is 320 g/mol. The van der Waals surface area contributed by atoms with Gasteiger partial charge in [-0.25, -0.2) is 8.42 Å². The first kappa shape index (κ1) is 14.5. The maximum Gasteiger partial charge on any atom is 0.296 e. The Morgan fingerprint density at radius 2 is 2.05 bits per heavy atom. The molecule has 0 spiro atoms. The summed E-state index contributed by atoms with van der Waals surface area (Å²) in [6, 6.07) is 0. The van der Waals surface area contributed by atoms with Crippen LogP contribution in [0, 0.1) is 12.8 Å². The summed E-state index contributed by atoms with van der Waals surface area (Å²) in [5.74, 6) is 0.803. The zero-order valence-electron chi connectivity index (χ0n) is 10.8. The van der Waals surface area contributed by atoms with Gasteiger partial charge in [0.05, 0.1) is 0 Å². The van der Waals surface area contributed by atoms with E-state index in [-0.39, 0.29) is 11.1 Å². The molecule has 0 fully saturated rings. The molecule has 0 N–H and O–H groups in total. The van der Waals surface area contributed by atoms with Gasteiger partial charge in [-0.3, -0.25) is 4.57 Å². The highest BCUT2D eigenvalue weighted by Crippen LogP contribution is 2.28. The summed E-state index contributed by atoms with van der Waals surface area (Å²) >= 11 is 1.54. The molecule has 0 aliphatic carbocycles. The van der Waals surface area contributed by atoms with Crippen molar-refractivity contribution in [2.45, 2.75) is 32.5 Å². The van der Waals surface area contributed by atoms with Gasteiger partial charge in [0.25, 0.3) is 14.2 Å². The monoisotopic (exact) mass is 319 g/mol. The second-order valence-electron chi connectivity index (χ2n) is 4.72. The number of thiophene rings is 1. The van der Waals surface area contributed by atoms with Crippen LogP contribution in [0.1, 0.15) is 19.4 Å². The molecule has 0 atom stereocenters. The molecule has 104 valence electrons. The number of hydrogen-bond donors (Lipinski definition) is 0. The van der Waals surface area contributed by atoms with E-state index in [1.165, 1.54) is 0 Å². The van der Waals surface area contributed by atoms with E-state index in [2.05, 4.69) is 10.2 Å². The van der Waals surface area contributed by atoms with E-state index in [1.807, 2.05) is 31.5 Å². The fraction of sp³-hybridized carbons (Fsp3) is 0.455. The van der Waals surface area contributed by atoms with Crippen LogP contribution in [0.4, 0.5) is 0 Å². The topological polar surface area (TPSA) is 64.8 Å². The van der Waals surface area contributed by atoms with Crippen LogP contribution in [-0.4, -0.2) is 23.2 Å². The quantitative estimate of drug-likeness (QED) is 0.813. The minimum atomic E-state index is -3.90. The van der Waals surface area contributed by atoms with Crippen LogP contribution in [-0.2, 0) is 15.6 Å². The van der Waals surface area contributed by atoms with Crippen molar-refractivity contribution >= 4 is 31.1 Å². The summed E-state index contributed by atoms with van der Waals surface area (Å²) in [5, 5.41) is 11.5. The molecule has 0 unspecified atom stereocenters. The van der Waals surface area contributed by atoms with Crippen LogP contribution >= 0.6 is 22.0 Å². The zero-order valence-corrected chi connectivity index (χ0v) is 13.2. The van der Waals surface area contributed by atoms with Gasteiger partial charge in [-0.05, 0) is 23.8 Å². The molecule has 2 aromatic heterocycles. The lowest BCUT2D eigenvalue weighted by Crippen LogP contribution is -2.11. The first-order valence-electron chi connectivity index (χ1n) is 5.71. The molecule has 19 heavy (non-hydrogen) atoms. The molecule has 0 aromatic carbocycles. The molecule has 0 radical (unpaired) electrons. The van der Waals surface area contributed by atoms with E-state index < -0.39 is 9.05 Å². The third-order valence-corrected chi connectivity index (χ3v) is 4.59. The molecule has 0 aliphatic rings. The Balaban J connectivity index is 2.63. The van der Waals surface area contributed by atoms with Gasteiger partial charge in [0.1, 0.15) is 0 Å². The lowest BCUT2D eigenvalue weighted by molar-refractivity contribution is 0.488. The average Bonchev–Trinajstić information content (AvgIpc) is 2.82. The molecule has 2 rings (SSSR count). The Morgan fingerprint density at radius 3 is 2.53 bits per heavy atom. The van der Waals surface area contributed by atoms with Crippen molar-refractivity contribution in [1.82, 2.24) is 14.8 Å². The molecule has 0 bridgehead atoms. The van der Waals surface area contributed by atoms with Gasteiger partial charge in [0.2, 0.25) is 0 Å². The number of hydrogen-bond acceptors (Lipinski definition) is 5. The Bertz CT molecular complexity index is 689. The van der Waals surface area contributed by atoms with E-state index in [0.29, 0.717) is 12.4 Å². The first-order chi connectivity index (χ1) is 8.80. The van der Waals surface area contributed by atoms with Crippen LogP contribution < -0.4 is 0 Å². The normalized spacial score (nSPS) is 12.3. The largest absolute Gasteiger partial charge is 0.297 e. The Labute approximate surface area is 120 Å². The SMILES string of the molecule is Cc1cscc1-c1nnc(S(=O)(=O)Cl)n1CC(C)C. The summed E-state index contributed by atoms with van der Waals surface area (Å²) in [5.41, 5.74) is 1.94. The van der Waals surface area contributed by atoms with Gasteiger partial charge in [-0.2, -0.15) is 11.3 Å². The highest BCUT2D eigenvalue weighted by Gasteiger charge is 2.24. The van der Waals surface area contributed by atoms with E-state index in [9.17, 15) is 8.42 Å². The Hall–Kier alpha value is -0.920. The summed E-state index contributed by atoms with van der Waals surface area (Å²) in [6.45, 7) is 6.44. The van der Waals surface area contributed by atoms with Crippen molar-refractivity contribution in [2.24, 2.45) is 5.92 Å². The van der Waals surface area contributed by atoms with Crippen molar-refractivity contribution in [2.75, 3.05) is 0 Å². The van der Waals surface area contributed by atoms with Gasteiger partial charge in [0.15, 0.2) is 5.82 Å². The van der Waals surface area contributed by atoms with Crippen molar-refractivity contribution in [3.8, 4) is 11.4 Å². The lowest BCUT2D eigenvalue weighted by atomic mass is 10.2. The van der Waals surface area contributed by atoms with Gasteiger partial charge >= 0.3 is 0 Å². The molecule has 0 saturated heterocycles. The van der Waals surface area contributed by atoms with Crippen LogP contribution in [0.3, 0.4) is 0 Å². The number of rotatable bonds is 4. The highest BCUT2D eigenvalue weighted by molar-refractivity contribution is 8.13. The maximum atomic E-state index is 11.5. The fourth-order valence-electron chi connectivity index (χ4n) is 1.79. The molecule has 2 aromatic rings. The van der Waals surface area contributed by atoms with Gasteiger partial charge in [0, 0.05) is 28.2 Å². The molecule has 0 amide bonds. The van der Waals surface area contributed by atoms with Gasteiger partial charge in [-0.1, -0.05) is 13.8 Å². The predicted octanol–water partition coefficient (Wildman–Crippen LogP) is 2.90. The van der Waals surface area contributed by atoms with Crippen molar-refractivity contribution < 1.29 is 8.42 Å². The lowest BCUT2D eigenvalue weighted by Gasteiger charge is -2.11. The molecular weight excluding hydrogens is 306 g/mol. The first-order valence-corrected chi connectivity index (χ1v) is 8.97. The predicted molar refractivity (Wildman–Crippen MR) is 75.9 cm³/mol. The van der Waals surface area contributed by atoms with E-state index >= 15 is 0 Å². The maximum absolute atomic E-state index is 11.5. The van der Waals surface area contributed by atoms with Crippen LogP contribution in [0.25, 0.3) is 11.4 Å². The molecule has 5 nitrogen and oxygen atoms in total. The number of aryl methyl sites for hydroxylation is 1. The second kappa shape index (κ2) is 5.22. The molecule has 0 saturated carbocycles. The molecule has 0 aliphatic heterocycles. The molecule has 8 heteroatoms. The van der Waals surface area contributed by atoms with Crippen molar-refractivity contribution in [1.29, 1.82) is 0 Å². The zero-order chi connectivity index (χ0) is 14.2. The van der Waals surface area contributed by atoms with Crippen LogP contribution in [0.2, 0.25) is 0 Å². The van der Waals surface area contributed by atoms with Gasteiger partial charge < -0.3 is 0 Å². The van der Waals surface area contributed by atoms with E-state index in [1.54, 1.807) is 15.9 Å². The van der Waals surface area contributed by atoms with Crippen LogP contribution in [0.5, 0.6) is 0 Å². The highest BCUT2D eigenvalue weighted by atomic mass is 35.7. The van der Waals surface area contributed by atoms with Crippen LogP contribution in [0.15, 0.2) is 15.9 Å². The number of nitrogens with zero attached hydrogens (tertiary/aromatic N) is 3. The second-order valence-corrected chi connectivity index (χ2v) is 7.92. The minimum Gasteiger partial charge on any atom is -0.297 e. The molecule has 2 heterocycles. The third kappa shape index (κ3) is 2.98. The summed E-state index contributed by atoms with van der Waals surface area (Å²) in [6.07, 6.45) is 0. The third-order valence-electron chi connectivity index (χ3n) is 2.58. The fourth-order valence-corrected chi connectivity index (χ4v) is 3.52. The summed E-state index contributed by atoms with van der Waals surface area (Å²) < 4.78 is 24.7.